The maximum absolute atomic E-state index is 13.3. The Morgan fingerprint density at radius 3 is 2.39 bits per heavy atom. The van der Waals surface area contributed by atoms with E-state index in [0.29, 0.717) is 11.1 Å². The molecule has 0 radical (unpaired) electrons. The van der Waals surface area contributed by atoms with Gasteiger partial charge in [-0.25, -0.2) is 4.79 Å². The molecule has 0 bridgehead atoms. The number of rotatable bonds is 8. The molecule has 1 unspecified atom stereocenters. The smallest absolute Gasteiger partial charge is 0.327 e. The lowest BCUT2D eigenvalue weighted by Crippen LogP contribution is -2.71. The Morgan fingerprint density at radius 2 is 1.79 bits per heavy atom. The molecule has 2 fully saturated rings. The Bertz CT molecular complexity index is 1300. The molecular formula is C25H25Br2N5O5S. The largest absolute Gasteiger partial charge is 0.480 e. The molecule has 200 valence electrons. The normalized spacial score (nSPS) is 22.7. The van der Waals surface area contributed by atoms with Crippen LogP contribution in [0.15, 0.2) is 62.5 Å². The summed E-state index contributed by atoms with van der Waals surface area (Å²) in [5.74, 6) is -2.54. The number of carbonyl (C=O) groups excluding carboxylic acids is 3. The molecule has 2 aliphatic rings. The minimum absolute atomic E-state index is 0.150. The molecule has 13 heteroatoms. The molecule has 0 aliphatic carbocycles. The van der Waals surface area contributed by atoms with Crippen LogP contribution in [0, 0.1) is 0 Å². The lowest BCUT2D eigenvalue weighted by atomic mass is 9.95. The van der Waals surface area contributed by atoms with Gasteiger partial charge in [0, 0.05) is 19.3 Å². The molecule has 5 N–H and O–H groups in total. The Hall–Kier alpha value is -2.90. The minimum atomic E-state index is -1.10. The monoisotopic (exact) mass is 665 g/mol. The number of carboxylic acids is 1. The number of β-lactam (4-membered cyclic amide) rings is 1. The fraction of sp³-hybridized carbons (Fsp3) is 0.320. The molecule has 0 aromatic heterocycles. The van der Waals surface area contributed by atoms with E-state index in [1.54, 1.807) is 56.3 Å². The van der Waals surface area contributed by atoms with Gasteiger partial charge in [-0.15, -0.1) is 11.8 Å². The summed E-state index contributed by atoms with van der Waals surface area (Å²) in [6, 6.07) is 11.0. The summed E-state index contributed by atoms with van der Waals surface area (Å²) in [6.45, 7) is 3.19. The molecule has 2 saturated heterocycles. The zero-order chi connectivity index (χ0) is 27.8. The summed E-state index contributed by atoms with van der Waals surface area (Å²) < 4.78 is 0.848. The highest BCUT2D eigenvalue weighted by molar-refractivity contribution is 9.11. The van der Waals surface area contributed by atoms with Crippen molar-refractivity contribution in [2.24, 2.45) is 10.7 Å². The van der Waals surface area contributed by atoms with Crippen molar-refractivity contribution in [2.75, 3.05) is 6.54 Å². The molecule has 3 amide bonds. The first kappa shape index (κ1) is 28.1. The second-order valence-corrected chi connectivity index (χ2v) is 13.0. The zero-order valence-corrected chi connectivity index (χ0v) is 24.3. The fourth-order valence-corrected chi connectivity index (χ4v) is 7.40. The summed E-state index contributed by atoms with van der Waals surface area (Å²) in [4.78, 5) is 56.2. The van der Waals surface area contributed by atoms with Gasteiger partial charge in [0.1, 0.15) is 35.9 Å². The molecule has 2 aliphatic heterocycles. The van der Waals surface area contributed by atoms with Gasteiger partial charge in [0.15, 0.2) is 0 Å². The molecule has 4 rings (SSSR count). The van der Waals surface area contributed by atoms with Crippen molar-refractivity contribution in [3.05, 3.63) is 68.6 Å². The highest BCUT2D eigenvalue weighted by Gasteiger charge is 2.64. The molecule has 2 heterocycles. The number of carbonyl (C=O) groups is 4. The lowest BCUT2D eigenvalue weighted by Gasteiger charge is -2.44. The van der Waals surface area contributed by atoms with E-state index in [4.69, 9.17) is 5.73 Å². The number of benzene rings is 2. The number of amidine groups is 1. The predicted molar refractivity (Wildman–Crippen MR) is 150 cm³/mol. The third-order valence-electron chi connectivity index (χ3n) is 6.22. The number of nitrogens with zero attached hydrogens (tertiary/aromatic N) is 2. The van der Waals surface area contributed by atoms with Crippen LogP contribution >= 0.6 is 43.6 Å². The number of amides is 3. The van der Waals surface area contributed by atoms with E-state index in [0.717, 1.165) is 8.95 Å². The van der Waals surface area contributed by atoms with E-state index in [1.807, 2.05) is 6.07 Å². The molecule has 0 saturated carbocycles. The van der Waals surface area contributed by atoms with Crippen LogP contribution in [0.25, 0.3) is 0 Å². The van der Waals surface area contributed by atoms with Crippen LogP contribution in [-0.2, 0) is 19.2 Å². The number of aliphatic carboxylic acids is 1. The average Bonchev–Trinajstić information content (AvgIpc) is 3.12. The molecule has 38 heavy (non-hydrogen) atoms. The van der Waals surface area contributed by atoms with Crippen LogP contribution in [-0.4, -0.2) is 68.3 Å². The number of aliphatic imine (C=N–C) groups is 1. The van der Waals surface area contributed by atoms with E-state index < -0.39 is 51.9 Å². The van der Waals surface area contributed by atoms with Gasteiger partial charge >= 0.3 is 5.97 Å². The first-order valence-corrected chi connectivity index (χ1v) is 14.0. The maximum atomic E-state index is 13.3. The van der Waals surface area contributed by atoms with Crippen LogP contribution in [0.2, 0.25) is 0 Å². The number of fused-ring (bicyclic) bond motifs is 1. The van der Waals surface area contributed by atoms with Gasteiger partial charge in [-0.1, -0.05) is 62.2 Å². The highest BCUT2D eigenvalue weighted by atomic mass is 79.9. The van der Waals surface area contributed by atoms with Crippen molar-refractivity contribution in [1.82, 2.24) is 15.5 Å². The Balaban J connectivity index is 1.47. The first-order valence-electron chi connectivity index (χ1n) is 11.5. The molecule has 0 spiro atoms. The summed E-state index contributed by atoms with van der Waals surface area (Å²) >= 11 is 8.09. The van der Waals surface area contributed by atoms with Crippen LogP contribution in [0.3, 0.4) is 0 Å². The number of nitrogens with one attached hydrogen (secondary N) is 2. The summed E-state index contributed by atoms with van der Waals surface area (Å²) in [5.41, 5.74) is 7.18. The van der Waals surface area contributed by atoms with Crippen LogP contribution in [0.5, 0.6) is 0 Å². The third-order valence-corrected chi connectivity index (χ3v) is 8.71. The maximum Gasteiger partial charge on any atom is 0.327 e. The Morgan fingerprint density at radius 1 is 1.16 bits per heavy atom. The SMILES string of the molecule is CC1(C)S[C@@H]2[C@H](NC(=O)C(NC(=O)CN=C(N)c3cc(Br)cc(Br)c3)c3ccccc3)C(=O)N2[C@H]1C(=O)O. The van der Waals surface area contributed by atoms with Gasteiger partial charge in [0.2, 0.25) is 17.7 Å². The molecule has 2 aromatic carbocycles. The number of carboxylic acid groups (broad SMARTS) is 1. The van der Waals surface area contributed by atoms with Gasteiger partial charge in [0.25, 0.3) is 0 Å². The van der Waals surface area contributed by atoms with Gasteiger partial charge in [0.05, 0.1) is 0 Å². The Labute approximate surface area is 240 Å². The van der Waals surface area contributed by atoms with Crippen molar-refractivity contribution >= 4 is 73.1 Å². The van der Waals surface area contributed by atoms with E-state index in [-0.39, 0.29) is 12.4 Å². The molecule has 4 atom stereocenters. The summed E-state index contributed by atoms with van der Waals surface area (Å²) in [7, 11) is 0. The van der Waals surface area contributed by atoms with E-state index in [1.165, 1.54) is 16.7 Å². The second kappa shape index (κ2) is 11.1. The molecule has 10 nitrogen and oxygen atoms in total. The van der Waals surface area contributed by atoms with E-state index >= 15 is 0 Å². The van der Waals surface area contributed by atoms with Crippen molar-refractivity contribution in [2.45, 2.75) is 42.1 Å². The van der Waals surface area contributed by atoms with Gasteiger partial charge in [-0.3, -0.25) is 19.4 Å². The van der Waals surface area contributed by atoms with Crippen LogP contribution in [0.1, 0.15) is 31.0 Å². The van der Waals surface area contributed by atoms with Crippen molar-refractivity contribution < 1.29 is 24.3 Å². The number of nitrogens with two attached hydrogens (primary N) is 1. The molecule has 2 aromatic rings. The zero-order valence-electron chi connectivity index (χ0n) is 20.4. The quantitative estimate of drug-likeness (QED) is 0.192. The second-order valence-electron chi connectivity index (χ2n) is 9.36. The molecular weight excluding hydrogens is 642 g/mol. The van der Waals surface area contributed by atoms with Crippen LogP contribution < -0.4 is 16.4 Å². The summed E-state index contributed by atoms with van der Waals surface area (Å²) in [6.07, 6.45) is 0. The van der Waals surface area contributed by atoms with Gasteiger partial charge in [-0.2, -0.15) is 0 Å². The van der Waals surface area contributed by atoms with Gasteiger partial charge in [-0.05, 0) is 37.6 Å². The third kappa shape index (κ3) is 5.74. The standard InChI is InChI=1S/C25H25Br2N5O5S/c1-25(2)19(24(36)37)32-22(35)18(23(32)38-25)31-21(34)17(12-6-4-3-5-7-12)30-16(33)11-29-20(28)13-8-14(26)10-15(27)9-13/h3-10,17-19,23H,11H2,1-2H3,(H2,28,29)(H,30,33)(H,31,34)(H,36,37)/t17?,18-,19+,23-/m1/s1. The number of halogens is 2. The van der Waals surface area contributed by atoms with Crippen molar-refractivity contribution in [3.8, 4) is 0 Å². The first-order chi connectivity index (χ1) is 17.9. The predicted octanol–water partition coefficient (Wildman–Crippen LogP) is 2.41. The van der Waals surface area contributed by atoms with E-state index in [2.05, 4.69) is 47.5 Å². The number of thioether (sulfide) groups is 1. The lowest BCUT2D eigenvalue weighted by molar-refractivity contribution is -0.161. The topological polar surface area (TPSA) is 154 Å². The number of hydrogen-bond acceptors (Lipinski definition) is 6. The minimum Gasteiger partial charge on any atom is -0.480 e. The highest BCUT2D eigenvalue weighted by Crippen LogP contribution is 2.50. The summed E-state index contributed by atoms with van der Waals surface area (Å²) in [5, 5.41) is 14.5. The van der Waals surface area contributed by atoms with Crippen LogP contribution in [0.4, 0.5) is 0 Å². The van der Waals surface area contributed by atoms with E-state index in [9.17, 15) is 24.3 Å². The van der Waals surface area contributed by atoms with Crippen molar-refractivity contribution in [3.63, 3.8) is 0 Å². The number of hydrogen-bond donors (Lipinski definition) is 4. The van der Waals surface area contributed by atoms with Crippen molar-refractivity contribution in [1.29, 1.82) is 0 Å². The fourth-order valence-electron chi connectivity index (χ4n) is 4.48. The van der Waals surface area contributed by atoms with Gasteiger partial charge < -0.3 is 26.4 Å². The Kier molecular flexibility index (Phi) is 8.19. The average molecular weight is 667 g/mol.